The third-order valence-electron chi connectivity index (χ3n) is 11.1. The second-order valence-corrected chi connectivity index (χ2v) is 16.9. The maximum Gasteiger partial charge on any atom is 0.418 e. The SMILES string of the molecule is COc1ccc(CN(Cc2ccc(OC)cc2)c2cc(C)c(C(F)(F)F)c(-c3c(Cl)c4c5c(nc(Cl)nc5c3F)N3C[C@H]5CC[C@@H]([C@H]3CO4)N5C(=O)OC(C)(C)C)n2)cc1. The molecular formula is C43H42Cl2F4N6O5. The van der Waals surface area contributed by atoms with Crippen LogP contribution in [0.15, 0.2) is 54.6 Å². The zero-order chi connectivity index (χ0) is 42.8. The maximum absolute atomic E-state index is 17.4. The van der Waals surface area contributed by atoms with E-state index in [9.17, 15) is 4.79 Å². The van der Waals surface area contributed by atoms with Crippen LogP contribution in [0.2, 0.25) is 10.3 Å². The molecule has 0 radical (unpaired) electrons. The number of anilines is 2. The topological polar surface area (TPSA) is 102 Å². The van der Waals surface area contributed by atoms with Gasteiger partial charge in [-0.15, -0.1) is 0 Å². The van der Waals surface area contributed by atoms with Crippen molar-refractivity contribution in [3.05, 3.63) is 93.0 Å². The average Bonchev–Trinajstić information content (AvgIpc) is 3.42. The van der Waals surface area contributed by atoms with E-state index in [2.05, 4.69) is 15.0 Å². The molecule has 316 valence electrons. The summed E-state index contributed by atoms with van der Waals surface area (Å²) < 4.78 is 86.0. The summed E-state index contributed by atoms with van der Waals surface area (Å²) >= 11 is 13.6. The fraction of sp³-hybridized carbons (Fsp3) is 0.395. The zero-order valence-electron chi connectivity index (χ0n) is 33.7. The summed E-state index contributed by atoms with van der Waals surface area (Å²) in [6.45, 7) is 7.30. The molecule has 8 rings (SSSR count). The van der Waals surface area contributed by atoms with Crippen LogP contribution in [0.3, 0.4) is 0 Å². The van der Waals surface area contributed by atoms with Gasteiger partial charge in [-0.2, -0.15) is 18.2 Å². The number of piperazine rings is 1. The van der Waals surface area contributed by atoms with Gasteiger partial charge in [-0.3, -0.25) is 4.90 Å². The molecule has 2 saturated heterocycles. The number of nitrogens with zero attached hydrogens (tertiary/aromatic N) is 6. The quantitative estimate of drug-likeness (QED) is 0.111. The summed E-state index contributed by atoms with van der Waals surface area (Å²) in [4.78, 5) is 32.3. The Morgan fingerprint density at radius 3 is 2.10 bits per heavy atom. The summed E-state index contributed by atoms with van der Waals surface area (Å²) in [6, 6.07) is 14.7. The van der Waals surface area contributed by atoms with E-state index in [0.29, 0.717) is 24.3 Å². The number of methoxy groups -OCH3 is 2. The third kappa shape index (κ3) is 7.66. The first-order chi connectivity index (χ1) is 28.4. The molecule has 0 N–H and O–H groups in total. The molecule has 2 bridgehead atoms. The van der Waals surface area contributed by atoms with Crippen molar-refractivity contribution in [2.75, 3.05) is 37.2 Å². The van der Waals surface area contributed by atoms with Crippen LogP contribution in [0.25, 0.3) is 22.2 Å². The number of hydrogen-bond donors (Lipinski definition) is 0. The Bertz CT molecular complexity index is 2420. The number of carbonyl (C=O) groups excluding carboxylic acids is 1. The van der Waals surface area contributed by atoms with Gasteiger partial charge in [0.05, 0.1) is 59.6 Å². The van der Waals surface area contributed by atoms with E-state index in [1.165, 1.54) is 13.0 Å². The second kappa shape index (κ2) is 15.6. The highest BCUT2D eigenvalue weighted by Crippen LogP contribution is 2.52. The van der Waals surface area contributed by atoms with Gasteiger partial charge < -0.3 is 28.7 Å². The van der Waals surface area contributed by atoms with E-state index in [0.717, 1.165) is 11.1 Å². The number of benzene rings is 3. The van der Waals surface area contributed by atoms with Gasteiger partial charge in [0.25, 0.3) is 0 Å². The van der Waals surface area contributed by atoms with Gasteiger partial charge >= 0.3 is 12.3 Å². The molecule has 3 aliphatic heterocycles. The molecule has 0 spiro atoms. The molecule has 2 aromatic heterocycles. The van der Waals surface area contributed by atoms with Gasteiger partial charge in [-0.25, -0.2) is 19.2 Å². The number of amides is 1. The van der Waals surface area contributed by atoms with Crippen LogP contribution in [-0.4, -0.2) is 77.0 Å². The molecule has 5 heterocycles. The van der Waals surface area contributed by atoms with Crippen molar-refractivity contribution in [3.63, 3.8) is 0 Å². The minimum absolute atomic E-state index is 0.0559. The number of carbonyl (C=O) groups is 1. The van der Waals surface area contributed by atoms with Crippen molar-refractivity contribution in [1.29, 1.82) is 0 Å². The molecule has 0 unspecified atom stereocenters. The number of alkyl halides is 3. The van der Waals surface area contributed by atoms with Crippen molar-refractivity contribution in [1.82, 2.24) is 19.9 Å². The highest BCUT2D eigenvalue weighted by molar-refractivity contribution is 6.37. The Labute approximate surface area is 354 Å². The molecule has 60 heavy (non-hydrogen) atoms. The number of pyridine rings is 1. The molecule has 3 atom stereocenters. The number of fused-ring (bicyclic) bond motifs is 5. The number of rotatable bonds is 8. The molecule has 3 aromatic carbocycles. The van der Waals surface area contributed by atoms with E-state index in [1.54, 1.807) is 69.1 Å². The Morgan fingerprint density at radius 2 is 1.53 bits per heavy atom. The molecule has 0 aliphatic carbocycles. The summed E-state index contributed by atoms with van der Waals surface area (Å²) in [5.41, 5.74) is -2.29. The Balaban J connectivity index is 1.28. The Morgan fingerprint density at radius 1 is 0.917 bits per heavy atom. The van der Waals surface area contributed by atoms with Gasteiger partial charge in [-0.1, -0.05) is 35.9 Å². The smallest absolute Gasteiger partial charge is 0.418 e. The lowest BCUT2D eigenvalue weighted by molar-refractivity contribution is -0.137. The largest absolute Gasteiger partial charge is 0.497 e. The van der Waals surface area contributed by atoms with Gasteiger partial charge in [0.2, 0.25) is 5.28 Å². The van der Waals surface area contributed by atoms with Crippen LogP contribution in [-0.2, 0) is 24.0 Å². The van der Waals surface area contributed by atoms with E-state index in [-0.39, 0.29) is 77.5 Å². The summed E-state index contributed by atoms with van der Waals surface area (Å²) in [5, 5.41) is -0.717. The van der Waals surface area contributed by atoms with Gasteiger partial charge in [-0.05, 0) is 99.2 Å². The van der Waals surface area contributed by atoms with Crippen LogP contribution < -0.4 is 24.0 Å². The number of aromatic nitrogens is 3. The zero-order valence-corrected chi connectivity index (χ0v) is 35.2. The molecule has 11 nitrogen and oxygen atoms in total. The Kier molecular flexibility index (Phi) is 10.8. The fourth-order valence-corrected chi connectivity index (χ4v) is 8.99. The summed E-state index contributed by atoms with van der Waals surface area (Å²) in [6.07, 6.45) is -4.16. The highest BCUT2D eigenvalue weighted by atomic mass is 35.5. The van der Waals surface area contributed by atoms with Crippen molar-refractivity contribution in [3.8, 4) is 28.5 Å². The summed E-state index contributed by atoms with van der Waals surface area (Å²) in [7, 11) is 3.10. The maximum atomic E-state index is 17.4. The molecule has 2 fully saturated rings. The average molecular weight is 870 g/mol. The highest BCUT2D eigenvalue weighted by Gasteiger charge is 2.52. The molecule has 1 amide bonds. The third-order valence-corrected chi connectivity index (χ3v) is 11.7. The lowest BCUT2D eigenvalue weighted by atomic mass is 9.98. The van der Waals surface area contributed by atoms with Crippen molar-refractivity contribution >= 4 is 51.8 Å². The predicted octanol–water partition coefficient (Wildman–Crippen LogP) is 10.0. The standard InChI is InChI=1S/C43H42Cl2F4N6O5/c1-22-17-30(53(18-23-7-12-26(57-5)13-8-23)19-24-9-14-27(58-6)15-10-24)50-36(33(22)43(47,48)49)31-34(44)38-32-37(35(31)46)51-40(45)52-39(32)54-20-25-11-16-28(29(54)21-59-38)55(25)41(56)60-42(2,3)4/h7-10,12-15,17,25,28-29H,11,16,18-21H2,1-6H3/t25-,28+,29-/m1/s1. The Hall–Kier alpha value is -5.28. The minimum Gasteiger partial charge on any atom is -0.497 e. The van der Waals surface area contributed by atoms with Crippen LogP contribution in [0, 0.1) is 12.7 Å². The predicted molar refractivity (Wildman–Crippen MR) is 220 cm³/mol. The number of aryl methyl sites for hydroxylation is 1. The van der Waals surface area contributed by atoms with Crippen LogP contribution >= 0.6 is 23.2 Å². The van der Waals surface area contributed by atoms with Gasteiger partial charge in [0.15, 0.2) is 11.6 Å². The minimum atomic E-state index is -4.99. The lowest BCUT2D eigenvalue weighted by Crippen LogP contribution is -2.63. The van der Waals surface area contributed by atoms with Crippen molar-refractivity contribution in [2.45, 2.75) is 83.5 Å². The molecule has 17 heteroatoms. The molecular weight excluding hydrogens is 827 g/mol. The van der Waals surface area contributed by atoms with E-state index in [1.807, 2.05) is 29.2 Å². The van der Waals surface area contributed by atoms with E-state index >= 15 is 17.6 Å². The van der Waals surface area contributed by atoms with Gasteiger partial charge in [0.1, 0.15) is 40.9 Å². The normalized spacial score (nSPS) is 18.5. The van der Waals surface area contributed by atoms with Crippen molar-refractivity contribution in [2.24, 2.45) is 0 Å². The number of halogens is 6. The molecule has 5 aromatic rings. The van der Waals surface area contributed by atoms with Crippen LogP contribution in [0.1, 0.15) is 55.9 Å². The van der Waals surface area contributed by atoms with E-state index < -0.39 is 51.6 Å². The number of ether oxygens (including phenoxy) is 4. The first-order valence-corrected chi connectivity index (χ1v) is 20.1. The second-order valence-electron chi connectivity index (χ2n) is 16.2. The van der Waals surface area contributed by atoms with Gasteiger partial charge in [0, 0.05) is 19.6 Å². The fourth-order valence-electron chi connectivity index (χ4n) is 8.51. The first-order valence-electron chi connectivity index (χ1n) is 19.3. The monoisotopic (exact) mass is 868 g/mol. The lowest BCUT2D eigenvalue weighted by Gasteiger charge is -2.46. The number of hydrogen-bond acceptors (Lipinski definition) is 10. The molecule has 3 aliphatic rings. The molecule has 0 saturated carbocycles. The van der Waals surface area contributed by atoms with E-state index in [4.69, 9.17) is 42.1 Å². The van der Waals surface area contributed by atoms with Crippen LogP contribution in [0.4, 0.5) is 34.0 Å². The van der Waals surface area contributed by atoms with Crippen molar-refractivity contribution < 1.29 is 41.3 Å². The first kappa shape index (κ1) is 41.5. The van der Waals surface area contributed by atoms with Crippen LogP contribution in [0.5, 0.6) is 17.2 Å². The summed E-state index contributed by atoms with van der Waals surface area (Å²) in [5.74, 6) is 0.301.